The van der Waals surface area contributed by atoms with E-state index in [9.17, 15) is 4.39 Å². The van der Waals surface area contributed by atoms with Crippen molar-refractivity contribution in [2.75, 3.05) is 31.1 Å². The molecule has 2 aromatic carbocycles. The number of fused-ring (bicyclic) bond motifs is 1. The molecule has 6 nitrogen and oxygen atoms in total. The average Bonchev–Trinajstić information content (AvgIpc) is 3.05. The molecule has 0 bridgehead atoms. The van der Waals surface area contributed by atoms with E-state index in [1.807, 2.05) is 35.0 Å². The second kappa shape index (κ2) is 10.5. The highest BCUT2D eigenvalue weighted by Gasteiger charge is 2.23. The summed E-state index contributed by atoms with van der Waals surface area (Å²) >= 11 is 0. The summed E-state index contributed by atoms with van der Waals surface area (Å²) in [4.78, 5) is 14.9. The van der Waals surface area contributed by atoms with Crippen molar-refractivity contribution in [2.24, 2.45) is 0 Å². The smallest absolute Gasteiger partial charge is 0.168 e. The Labute approximate surface area is 206 Å². The Hall–Kier alpha value is -3.32. The summed E-state index contributed by atoms with van der Waals surface area (Å²) in [6.45, 7) is 8.85. The Morgan fingerprint density at radius 1 is 0.914 bits per heavy atom. The Kier molecular flexibility index (Phi) is 7.04. The molecule has 1 aliphatic heterocycles. The predicted molar refractivity (Wildman–Crippen MR) is 139 cm³/mol. The number of halogens is 1. The first-order chi connectivity index (χ1) is 17.1. The fourth-order valence-electron chi connectivity index (χ4n) is 4.82. The lowest BCUT2D eigenvalue weighted by Gasteiger charge is -2.24. The van der Waals surface area contributed by atoms with Crippen LogP contribution >= 0.6 is 0 Å². The van der Waals surface area contributed by atoms with Crippen molar-refractivity contribution in [3.8, 4) is 5.69 Å². The maximum atomic E-state index is 13.3. The van der Waals surface area contributed by atoms with E-state index in [-0.39, 0.29) is 5.82 Å². The van der Waals surface area contributed by atoms with Gasteiger partial charge in [-0.2, -0.15) is 5.10 Å². The van der Waals surface area contributed by atoms with Crippen molar-refractivity contribution < 1.29 is 4.39 Å². The van der Waals surface area contributed by atoms with Gasteiger partial charge in [-0.1, -0.05) is 43.7 Å². The van der Waals surface area contributed by atoms with Gasteiger partial charge in [0.1, 0.15) is 17.5 Å². The first-order valence-corrected chi connectivity index (χ1v) is 12.7. The van der Waals surface area contributed by atoms with Crippen LogP contribution in [0.15, 0.2) is 54.6 Å². The van der Waals surface area contributed by atoms with E-state index in [1.54, 1.807) is 12.1 Å². The molecule has 3 heterocycles. The molecule has 0 aliphatic carbocycles. The maximum absolute atomic E-state index is 13.3. The molecule has 0 radical (unpaired) electrons. The summed E-state index contributed by atoms with van der Waals surface area (Å²) in [5, 5.41) is 5.93. The summed E-state index contributed by atoms with van der Waals surface area (Å²) in [5.74, 6) is 1.71. The second-order valence-corrected chi connectivity index (χ2v) is 9.34. The zero-order valence-electron chi connectivity index (χ0n) is 20.6. The van der Waals surface area contributed by atoms with Crippen LogP contribution in [0.5, 0.6) is 0 Å². The standard InChI is InChI=1S/C28H33FN6/c1-3-4-11-25-30-27(26-21(2)32-35(28(26)31-25)24-9-6-5-7-10-24)34-17-8-16-33(18-19-34)20-22-12-14-23(29)15-13-22/h5-7,9-10,12-15H,3-4,8,11,16-20H2,1-2H3. The van der Waals surface area contributed by atoms with E-state index in [2.05, 4.69) is 35.8 Å². The van der Waals surface area contributed by atoms with Crippen molar-refractivity contribution in [2.45, 2.75) is 46.1 Å². The van der Waals surface area contributed by atoms with Gasteiger partial charge in [0.15, 0.2) is 5.65 Å². The molecule has 0 atom stereocenters. The molecule has 182 valence electrons. The van der Waals surface area contributed by atoms with Gasteiger partial charge in [0.25, 0.3) is 0 Å². The molecule has 2 aromatic heterocycles. The minimum Gasteiger partial charge on any atom is -0.355 e. The molecule has 4 aromatic rings. The summed E-state index contributed by atoms with van der Waals surface area (Å²) in [7, 11) is 0. The predicted octanol–water partition coefficient (Wildman–Crippen LogP) is 5.32. The summed E-state index contributed by atoms with van der Waals surface area (Å²) in [5.41, 5.74) is 4.00. The lowest BCUT2D eigenvalue weighted by atomic mass is 10.2. The van der Waals surface area contributed by atoms with Crippen molar-refractivity contribution >= 4 is 16.9 Å². The van der Waals surface area contributed by atoms with E-state index >= 15 is 0 Å². The number of para-hydroxylation sites is 1. The van der Waals surface area contributed by atoms with Crippen LogP contribution in [-0.2, 0) is 13.0 Å². The zero-order valence-corrected chi connectivity index (χ0v) is 20.6. The lowest BCUT2D eigenvalue weighted by Crippen LogP contribution is -2.31. The minimum absolute atomic E-state index is 0.186. The van der Waals surface area contributed by atoms with Gasteiger partial charge in [-0.05, 0) is 49.6 Å². The molecule has 0 saturated carbocycles. The van der Waals surface area contributed by atoms with Crippen LogP contribution < -0.4 is 4.90 Å². The van der Waals surface area contributed by atoms with Crippen LogP contribution in [0.25, 0.3) is 16.7 Å². The Morgan fingerprint density at radius 2 is 1.71 bits per heavy atom. The van der Waals surface area contributed by atoms with Gasteiger partial charge < -0.3 is 4.90 Å². The molecule has 0 spiro atoms. The molecule has 1 fully saturated rings. The number of aromatic nitrogens is 4. The molecule has 0 N–H and O–H groups in total. The topological polar surface area (TPSA) is 50.1 Å². The summed E-state index contributed by atoms with van der Waals surface area (Å²) in [6, 6.07) is 17.1. The molecular formula is C28H33FN6. The number of nitrogens with zero attached hydrogens (tertiary/aromatic N) is 6. The molecular weight excluding hydrogens is 439 g/mol. The molecule has 1 saturated heterocycles. The zero-order chi connectivity index (χ0) is 24.2. The third kappa shape index (κ3) is 5.20. The third-order valence-electron chi connectivity index (χ3n) is 6.69. The van der Waals surface area contributed by atoms with Crippen LogP contribution in [0.3, 0.4) is 0 Å². The van der Waals surface area contributed by atoms with Gasteiger partial charge >= 0.3 is 0 Å². The largest absolute Gasteiger partial charge is 0.355 e. The highest BCUT2D eigenvalue weighted by atomic mass is 19.1. The highest BCUT2D eigenvalue weighted by molar-refractivity contribution is 5.91. The van der Waals surface area contributed by atoms with Gasteiger partial charge in [0.2, 0.25) is 0 Å². The number of aryl methyl sites for hydroxylation is 2. The maximum Gasteiger partial charge on any atom is 0.168 e. The fraction of sp³-hybridized carbons (Fsp3) is 0.393. The molecule has 7 heteroatoms. The summed E-state index contributed by atoms with van der Waals surface area (Å²) in [6.07, 6.45) is 4.08. The third-order valence-corrected chi connectivity index (χ3v) is 6.69. The van der Waals surface area contributed by atoms with Gasteiger partial charge in [-0.25, -0.2) is 19.0 Å². The van der Waals surface area contributed by atoms with Crippen LogP contribution in [0.4, 0.5) is 10.2 Å². The monoisotopic (exact) mass is 472 g/mol. The first kappa shape index (κ1) is 23.4. The lowest BCUT2D eigenvalue weighted by molar-refractivity contribution is 0.285. The Balaban J connectivity index is 1.46. The molecule has 5 rings (SSSR count). The molecule has 0 amide bonds. The Bertz CT molecular complexity index is 1270. The van der Waals surface area contributed by atoms with Crippen molar-refractivity contribution in [3.05, 3.63) is 77.5 Å². The Morgan fingerprint density at radius 3 is 2.49 bits per heavy atom. The highest BCUT2D eigenvalue weighted by Crippen LogP contribution is 2.30. The van der Waals surface area contributed by atoms with Crippen molar-refractivity contribution in [1.29, 1.82) is 0 Å². The van der Waals surface area contributed by atoms with Gasteiger partial charge in [0, 0.05) is 39.1 Å². The van der Waals surface area contributed by atoms with Crippen LogP contribution in [-0.4, -0.2) is 50.8 Å². The summed E-state index contributed by atoms with van der Waals surface area (Å²) < 4.78 is 15.3. The van der Waals surface area contributed by atoms with Crippen molar-refractivity contribution in [3.63, 3.8) is 0 Å². The number of unbranched alkanes of at least 4 members (excludes halogenated alkanes) is 1. The van der Waals surface area contributed by atoms with E-state index in [0.717, 1.165) is 98.0 Å². The number of anilines is 1. The first-order valence-electron chi connectivity index (χ1n) is 12.7. The van der Waals surface area contributed by atoms with Crippen LogP contribution in [0.2, 0.25) is 0 Å². The number of rotatable bonds is 7. The van der Waals surface area contributed by atoms with Crippen molar-refractivity contribution in [1.82, 2.24) is 24.6 Å². The normalized spacial score (nSPS) is 15.0. The number of hydrogen-bond acceptors (Lipinski definition) is 5. The quantitative estimate of drug-likeness (QED) is 0.364. The average molecular weight is 473 g/mol. The number of benzene rings is 2. The van der Waals surface area contributed by atoms with E-state index in [4.69, 9.17) is 15.1 Å². The van der Waals surface area contributed by atoms with Crippen LogP contribution in [0, 0.1) is 12.7 Å². The number of hydrogen-bond donors (Lipinski definition) is 0. The fourth-order valence-corrected chi connectivity index (χ4v) is 4.82. The minimum atomic E-state index is -0.186. The van der Waals surface area contributed by atoms with Gasteiger partial charge in [0.05, 0.1) is 16.8 Å². The van der Waals surface area contributed by atoms with Crippen LogP contribution in [0.1, 0.15) is 43.3 Å². The second-order valence-electron chi connectivity index (χ2n) is 9.34. The van der Waals surface area contributed by atoms with Gasteiger partial charge in [-0.3, -0.25) is 4.90 Å². The SMILES string of the molecule is CCCCc1nc(N2CCCN(Cc3ccc(F)cc3)CC2)c2c(C)nn(-c3ccccc3)c2n1. The van der Waals surface area contributed by atoms with E-state index in [1.165, 1.54) is 0 Å². The van der Waals surface area contributed by atoms with Gasteiger partial charge in [-0.15, -0.1) is 0 Å². The molecule has 35 heavy (non-hydrogen) atoms. The van der Waals surface area contributed by atoms with E-state index in [0.29, 0.717) is 0 Å². The van der Waals surface area contributed by atoms with E-state index < -0.39 is 0 Å². The molecule has 1 aliphatic rings. The molecule has 0 unspecified atom stereocenters.